The van der Waals surface area contributed by atoms with Crippen LogP contribution in [0.1, 0.15) is 0 Å². The van der Waals surface area contributed by atoms with Gasteiger partial charge >= 0.3 is 0 Å². The van der Waals surface area contributed by atoms with Crippen LogP contribution in [0.2, 0.25) is 0 Å². The van der Waals surface area contributed by atoms with Crippen molar-refractivity contribution in [1.29, 1.82) is 0 Å². The quantitative estimate of drug-likeness (QED) is 0.441. The molecule has 0 atom stereocenters. The lowest BCUT2D eigenvalue weighted by atomic mass is 10.7. The summed E-state index contributed by atoms with van der Waals surface area (Å²) in [6.45, 7) is 0. The van der Waals surface area contributed by atoms with Crippen molar-refractivity contribution in [3.05, 3.63) is 12.4 Å². The molecule has 0 spiro atoms. The van der Waals surface area contributed by atoms with Crippen molar-refractivity contribution in [1.82, 2.24) is 9.97 Å². The van der Waals surface area contributed by atoms with Gasteiger partial charge in [-0.15, -0.1) is 0 Å². The second-order valence-electron chi connectivity index (χ2n) is 1.37. The van der Waals surface area contributed by atoms with Crippen LogP contribution in [0, 0.1) is 0 Å². The Morgan fingerprint density at radius 3 is 2.62 bits per heavy atom. The van der Waals surface area contributed by atoms with Crippen molar-refractivity contribution < 1.29 is 0 Å². The number of hydrogen-bond donors (Lipinski definition) is 1. The van der Waals surface area contributed by atoms with Crippen LogP contribution in [-0.2, 0) is 0 Å². The van der Waals surface area contributed by atoms with Gasteiger partial charge in [-0.1, -0.05) is 0 Å². The standard InChI is InChI=1S/C4H4N3.Al/c5-4-3-6-1-2-7-4;/h1,3H,(H2,5,7);. The van der Waals surface area contributed by atoms with Crippen LogP contribution in [0.25, 0.3) is 0 Å². The van der Waals surface area contributed by atoms with Crippen molar-refractivity contribution in [2.75, 3.05) is 5.73 Å². The molecule has 0 bridgehead atoms. The highest BCUT2D eigenvalue weighted by Gasteiger charge is 1.82. The van der Waals surface area contributed by atoms with Crippen LogP contribution < -0.4 is 10.3 Å². The zero-order chi connectivity index (χ0) is 5.98. The maximum atomic E-state index is 5.27. The highest BCUT2D eigenvalue weighted by molar-refractivity contribution is 6.30. The molecule has 1 aromatic rings. The summed E-state index contributed by atoms with van der Waals surface area (Å²) in [6, 6.07) is 0. The normalized spacial score (nSPS) is 9.00. The largest absolute Gasteiger partial charge is 0.382 e. The molecule has 38 valence electrons. The van der Waals surface area contributed by atoms with E-state index in [4.69, 9.17) is 5.73 Å². The SMILES string of the molecule is Nc1cnc[c]([Al])n1. The van der Waals surface area contributed by atoms with E-state index in [1.807, 2.05) is 0 Å². The number of nitrogen functional groups attached to an aromatic ring is 1. The second kappa shape index (κ2) is 2.12. The van der Waals surface area contributed by atoms with Crippen LogP contribution in [0.3, 0.4) is 0 Å². The molecule has 0 aliphatic carbocycles. The molecule has 8 heavy (non-hydrogen) atoms. The Kier molecular flexibility index (Phi) is 1.47. The number of hydrogen-bond acceptors (Lipinski definition) is 3. The fourth-order valence-corrected chi connectivity index (χ4v) is 0.632. The average molecular weight is 121 g/mol. The van der Waals surface area contributed by atoms with E-state index in [0.29, 0.717) is 5.82 Å². The first kappa shape index (κ1) is 5.55. The minimum absolute atomic E-state index is 0.456. The van der Waals surface area contributed by atoms with Crippen LogP contribution in [0.4, 0.5) is 5.82 Å². The molecule has 0 aliphatic heterocycles. The summed E-state index contributed by atoms with van der Waals surface area (Å²) in [5.74, 6) is 0.456. The molecule has 0 saturated heterocycles. The first-order valence-corrected chi connectivity index (χ1v) is 2.70. The highest BCUT2D eigenvalue weighted by atomic mass is 27.0. The molecule has 1 rings (SSSR count). The third kappa shape index (κ3) is 1.19. The molecule has 1 heterocycles. The van der Waals surface area contributed by atoms with Crippen LogP contribution in [-0.4, -0.2) is 26.3 Å². The van der Waals surface area contributed by atoms with Gasteiger partial charge in [-0.05, 0) is 4.56 Å². The van der Waals surface area contributed by atoms with Crippen molar-refractivity contribution in [3.8, 4) is 0 Å². The number of rotatable bonds is 0. The molecule has 2 N–H and O–H groups in total. The van der Waals surface area contributed by atoms with Crippen molar-refractivity contribution in [3.63, 3.8) is 0 Å². The predicted molar refractivity (Wildman–Crippen MR) is 31.8 cm³/mol. The Balaban J connectivity index is 3.08. The van der Waals surface area contributed by atoms with E-state index >= 15 is 0 Å². The lowest BCUT2D eigenvalue weighted by Gasteiger charge is -1.90. The van der Waals surface area contributed by atoms with E-state index in [0.717, 1.165) is 4.56 Å². The van der Waals surface area contributed by atoms with Gasteiger partial charge in [-0.3, -0.25) is 9.97 Å². The Morgan fingerprint density at radius 1 is 1.50 bits per heavy atom. The molecule has 0 amide bonds. The van der Waals surface area contributed by atoms with Crippen molar-refractivity contribution in [2.24, 2.45) is 0 Å². The first-order chi connectivity index (χ1) is 3.79. The molecule has 2 radical (unpaired) electrons. The first-order valence-electron chi connectivity index (χ1n) is 2.12. The van der Waals surface area contributed by atoms with E-state index in [2.05, 4.69) is 26.3 Å². The van der Waals surface area contributed by atoms with E-state index in [9.17, 15) is 0 Å². The van der Waals surface area contributed by atoms with Gasteiger partial charge in [-0.25, -0.2) is 0 Å². The van der Waals surface area contributed by atoms with Gasteiger partial charge in [0.25, 0.3) is 0 Å². The number of aromatic nitrogens is 2. The topological polar surface area (TPSA) is 51.8 Å². The smallest absolute Gasteiger partial charge is 0.212 e. The Bertz CT molecular complexity index is 171. The maximum Gasteiger partial charge on any atom is 0.212 e. The summed E-state index contributed by atoms with van der Waals surface area (Å²) in [5.41, 5.74) is 5.27. The minimum atomic E-state index is 0.456. The Hall–Kier alpha value is -0.588. The summed E-state index contributed by atoms with van der Waals surface area (Å²) >= 11 is 2.41. The Morgan fingerprint density at radius 2 is 2.25 bits per heavy atom. The summed E-state index contributed by atoms with van der Waals surface area (Å²) in [5, 5.41) is 0. The lowest BCUT2D eigenvalue weighted by Crippen LogP contribution is -2.10. The van der Waals surface area contributed by atoms with Crippen LogP contribution in [0.5, 0.6) is 0 Å². The van der Waals surface area contributed by atoms with Crippen LogP contribution >= 0.6 is 0 Å². The second-order valence-corrected chi connectivity index (χ2v) is 1.96. The zero-order valence-corrected chi connectivity index (χ0v) is 5.36. The maximum absolute atomic E-state index is 5.27. The van der Waals surface area contributed by atoms with Gasteiger partial charge in [0.2, 0.25) is 16.3 Å². The van der Waals surface area contributed by atoms with E-state index in [1.54, 1.807) is 6.20 Å². The molecular formula is C4H4AlN3. The summed E-state index contributed by atoms with van der Waals surface area (Å²) in [6.07, 6.45) is 3.13. The minimum Gasteiger partial charge on any atom is -0.382 e. The number of nitrogens with two attached hydrogens (primary N) is 1. The molecule has 1 aromatic heterocycles. The summed E-state index contributed by atoms with van der Waals surface area (Å²) in [4.78, 5) is 7.63. The fourth-order valence-electron chi connectivity index (χ4n) is 0.397. The van der Waals surface area contributed by atoms with Gasteiger partial charge in [0, 0.05) is 6.20 Å². The molecule has 0 fully saturated rings. The molecule has 0 aromatic carbocycles. The number of nitrogens with zero attached hydrogens (tertiary/aromatic N) is 2. The van der Waals surface area contributed by atoms with Gasteiger partial charge < -0.3 is 5.73 Å². The van der Waals surface area contributed by atoms with Crippen molar-refractivity contribution in [2.45, 2.75) is 0 Å². The molecular weight excluding hydrogens is 117 g/mol. The van der Waals surface area contributed by atoms with E-state index in [1.165, 1.54) is 6.20 Å². The number of anilines is 1. The van der Waals surface area contributed by atoms with Crippen LogP contribution in [0.15, 0.2) is 12.4 Å². The Labute approximate surface area is 55.4 Å². The fraction of sp³-hybridized carbons (Fsp3) is 0. The molecule has 0 aliphatic rings. The van der Waals surface area contributed by atoms with E-state index in [-0.39, 0.29) is 0 Å². The molecule has 0 unspecified atom stereocenters. The zero-order valence-electron chi connectivity index (χ0n) is 4.20. The van der Waals surface area contributed by atoms with Gasteiger partial charge in [-0.2, -0.15) is 0 Å². The average Bonchev–Trinajstić information content (AvgIpc) is 1.64. The van der Waals surface area contributed by atoms with Gasteiger partial charge in [0.05, 0.1) is 6.20 Å². The highest BCUT2D eigenvalue weighted by Crippen LogP contribution is 1.82. The monoisotopic (exact) mass is 121 g/mol. The molecule has 3 nitrogen and oxygen atoms in total. The lowest BCUT2D eigenvalue weighted by molar-refractivity contribution is 1.25. The van der Waals surface area contributed by atoms with E-state index < -0.39 is 0 Å². The third-order valence-corrected chi connectivity index (χ3v) is 0.950. The molecule has 4 heteroatoms. The summed E-state index contributed by atoms with van der Waals surface area (Å²) in [7, 11) is 0. The van der Waals surface area contributed by atoms with Crippen molar-refractivity contribution >= 4 is 26.7 Å². The molecule has 0 saturated carbocycles. The predicted octanol–water partition coefficient (Wildman–Crippen LogP) is -1.15. The van der Waals surface area contributed by atoms with Gasteiger partial charge in [0.15, 0.2) is 0 Å². The summed E-state index contributed by atoms with van der Waals surface area (Å²) < 4.78 is 0.769. The van der Waals surface area contributed by atoms with Gasteiger partial charge in [0.1, 0.15) is 5.82 Å². The third-order valence-electron chi connectivity index (χ3n) is 0.672.